The molecule has 58 heavy (non-hydrogen) atoms. The predicted molar refractivity (Wildman–Crippen MR) is 217 cm³/mol. The lowest BCUT2D eigenvalue weighted by atomic mass is 9.79. The molecule has 1 saturated carbocycles. The van der Waals surface area contributed by atoms with Gasteiger partial charge in [-0.2, -0.15) is 0 Å². The van der Waals surface area contributed by atoms with Crippen molar-refractivity contribution >= 4 is 23.4 Å². The van der Waals surface area contributed by atoms with Gasteiger partial charge in [0.15, 0.2) is 0 Å². The molecule has 3 fully saturated rings. The molecule has 0 aromatic heterocycles. The number of esters is 1. The van der Waals surface area contributed by atoms with E-state index >= 15 is 0 Å². The molecule has 2 saturated heterocycles. The van der Waals surface area contributed by atoms with Crippen LogP contribution in [0.2, 0.25) is 0 Å². The van der Waals surface area contributed by atoms with E-state index in [0.29, 0.717) is 37.2 Å². The molecule has 1 amide bonds. The van der Waals surface area contributed by atoms with E-state index in [-0.39, 0.29) is 56.0 Å². The van der Waals surface area contributed by atoms with Crippen molar-refractivity contribution in [3.05, 3.63) is 36.0 Å². The molecule has 3 heterocycles. The topological polar surface area (TPSA) is 178 Å². The third-order valence-electron chi connectivity index (χ3n) is 13.4. The SMILES string of the molecule is C=CC[C@@H]1/C=C(\C)C[C@H](C)C[C@H](OC)[C@@]2(O)O[C@@](O)(C(=O)C(=O)N3CCCC[C@H]3C(=O)O[C@H](/C(C)=C/[C@@H]3CC[C@@H](C)[C@H](OC)C3)[C@H](C)[C@@H](O)CC1=O)[C@H](C)C[C@@H]2OC. The smallest absolute Gasteiger partial charge is 0.329 e. The van der Waals surface area contributed by atoms with Crippen molar-refractivity contribution in [1.29, 1.82) is 0 Å². The van der Waals surface area contributed by atoms with Gasteiger partial charge in [-0.25, -0.2) is 4.79 Å². The van der Waals surface area contributed by atoms with Gasteiger partial charge in [0.1, 0.15) is 30.1 Å². The first-order valence-electron chi connectivity index (χ1n) is 21.3. The van der Waals surface area contributed by atoms with Crippen molar-refractivity contribution in [2.45, 2.75) is 160 Å². The number of aliphatic hydroxyl groups excluding tert-OH is 1. The second-order valence-electron chi connectivity index (χ2n) is 17.9. The first-order valence-corrected chi connectivity index (χ1v) is 21.3. The molecule has 3 N–H and O–H groups in total. The molecule has 0 radical (unpaired) electrons. The molecule has 0 unspecified atom stereocenters. The Morgan fingerprint density at radius 2 is 1.62 bits per heavy atom. The molecule has 14 atom stereocenters. The monoisotopic (exact) mass is 817 g/mol. The second-order valence-corrected chi connectivity index (χ2v) is 17.9. The van der Waals surface area contributed by atoms with E-state index in [1.165, 1.54) is 21.1 Å². The number of allylic oxidation sites excluding steroid dienone is 4. The van der Waals surface area contributed by atoms with E-state index in [4.69, 9.17) is 23.7 Å². The number of rotatable bonds is 7. The molecule has 4 aliphatic rings. The maximum Gasteiger partial charge on any atom is 0.329 e. The highest BCUT2D eigenvalue weighted by Gasteiger charge is 2.63. The third-order valence-corrected chi connectivity index (χ3v) is 13.4. The number of fused-ring (bicyclic) bond motifs is 3. The Morgan fingerprint density at radius 3 is 2.26 bits per heavy atom. The van der Waals surface area contributed by atoms with Crippen LogP contribution in [0.3, 0.4) is 0 Å². The number of hydrogen-bond donors (Lipinski definition) is 3. The van der Waals surface area contributed by atoms with Crippen molar-refractivity contribution in [2.24, 2.45) is 35.5 Å². The first kappa shape index (κ1) is 47.9. The molecule has 13 heteroatoms. The van der Waals surface area contributed by atoms with E-state index in [1.54, 1.807) is 20.1 Å². The average molecular weight is 818 g/mol. The Labute approximate surface area is 345 Å². The number of methoxy groups -OCH3 is 3. The minimum absolute atomic E-state index is 0.0415. The van der Waals surface area contributed by atoms with Crippen molar-refractivity contribution in [1.82, 2.24) is 4.90 Å². The van der Waals surface area contributed by atoms with Gasteiger partial charge in [0.25, 0.3) is 11.7 Å². The zero-order chi connectivity index (χ0) is 43.1. The summed E-state index contributed by atoms with van der Waals surface area (Å²) in [4.78, 5) is 57.9. The van der Waals surface area contributed by atoms with Crippen molar-refractivity contribution in [2.75, 3.05) is 27.9 Å². The summed E-state index contributed by atoms with van der Waals surface area (Å²) in [5.41, 5.74) is 1.59. The third kappa shape index (κ3) is 10.7. The normalized spacial score (nSPS) is 41.8. The van der Waals surface area contributed by atoms with E-state index in [1.807, 2.05) is 26.8 Å². The molecule has 0 spiro atoms. The van der Waals surface area contributed by atoms with Crippen LogP contribution >= 0.6 is 0 Å². The Morgan fingerprint density at radius 1 is 0.948 bits per heavy atom. The predicted octanol–water partition coefficient (Wildman–Crippen LogP) is 5.23. The molecular weight excluding hydrogens is 746 g/mol. The summed E-state index contributed by atoms with van der Waals surface area (Å²) < 4.78 is 29.5. The summed E-state index contributed by atoms with van der Waals surface area (Å²) in [6.45, 7) is 15.1. The lowest BCUT2D eigenvalue weighted by molar-refractivity contribution is -0.410. The van der Waals surface area contributed by atoms with Crippen LogP contribution in [0.1, 0.15) is 112 Å². The molecule has 4 rings (SSSR count). The zero-order valence-electron chi connectivity index (χ0n) is 36.3. The Balaban J connectivity index is 1.80. The minimum atomic E-state index is -2.78. The van der Waals surface area contributed by atoms with Gasteiger partial charge < -0.3 is 43.9 Å². The van der Waals surface area contributed by atoms with Crippen LogP contribution in [0.4, 0.5) is 0 Å². The summed E-state index contributed by atoms with van der Waals surface area (Å²) in [5, 5.41) is 36.0. The summed E-state index contributed by atoms with van der Waals surface area (Å²) in [6, 6.07) is -1.18. The highest BCUT2D eigenvalue weighted by molar-refractivity contribution is 6.39. The molecular formula is C45H71NO12. The van der Waals surface area contributed by atoms with Crippen LogP contribution in [0.25, 0.3) is 0 Å². The van der Waals surface area contributed by atoms with Crippen LogP contribution in [0.5, 0.6) is 0 Å². The van der Waals surface area contributed by atoms with Crippen LogP contribution < -0.4 is 0 Å². The lowest BCUT2D eigenvalue weighted by Gasteiger charge is -2.51. The van der Waals surface area contributed by atoms with Gasteiger partial charge in [0.05, 0.1) is 12.2 Å². The minimum Gasteiger partial charge on any atom is -0.456 e. The number of ketones is 2. The largest absolute Gasteiger partial charge is 0.456 e. The number of Topliss-reactive ketones (excluding diaryl/α,β-unsaturated/α-hetero) is 2. The molecule has 13 nitrogen and oxygen atoms in total. The van der Waals surface area contributed by atoms with Crippen molar-refractivity contribution in [3.63, 3.8) is 0 Å². The Kier molecular flexibility index (Phi) is 17.1. The molecule has 2 bridgehead atoms. The molecule has 0 aromatic carbocycles. The van der Waals surface area contributed by atoms with Crippen LogP contribution in [0, 0.1) is 35.5 Å². The van der Waals surface area contributed by atoms with E-state index in [2.05, 4.69) is 19.6 Å². The van der Waals surface area contributed by atoms with Gasteiger partial charge in [-0.3, -0.25) is 14.4 Å². The molecule has 0 aromatic rings. The second kappa shape index (κ2) is 20.7. The maximum absolute atomic E-state index is 14.3. The summed E-state index contributed by atoms with van der Waals surface area (Å²) in [6.07, 6.45) is 6.10. The number of amides is 1. The molecule has 1 aliphatic carbocycles. The van der Waals surface area contributed by atoms with Crippen LogP contribution in [0.15, 0.2) is 36.0 Å². The number of ether oxygens (including phenoxy) is 5. The van der Waals surface area contributed by atoms with Crippen LogP contribution in [-0.4, -0.2) is 120 Å². The number of carbonyl (C=O) groups is 4. The molecule has 3 aliphatic heterocycles. The molecule has 328 valence electrons. The van der Waals surface area contributed by atoms with E-state index < -0.39 is 77.4 Å². The number of piperidine rings is 1. The highest BCUT2D eigenvalue weighted by atomic mass is 16.7. The van der Waals surface area contributed by atoms with Crippen LogP contribution in [-0.2, 0) is 42.9 Å². The summed E-state index contributed by atoms with van der Waals surface area (Å²) >= 11 is 0. The number of carbonyl (C=O) groups excluding carboxylic acids is 4. The van der Waals surface area contributed by atoms with E-state index in [0.717, 1.165) is 29.7 Å². The number of cyclic esters (lactones) is 1. The maximum atomic E-state index is 14.3. The fourth-order valence-electron chi connectivity index (χ4n) is 9.71. The lowest BCUT2D eigenvalue weighted by Crippen LogP contribution is -2.70. The van der Waals surface area contributed by atoms with Crippen molar-refractivity contribution in [3.8, 4) is 0 Å². The summed E-state index contributed by atoms with van der Waals surface area (Å²) in [7, 11) is 4.47. The first-order chi connectivity index (χ1) is 27.3. The Hall–Kier alpha value is -2.78. The average Bonchev–Trinajstić information content (AvgIpc) is 3.19. The number of nitrogens with zero attached hydrogens (tertiary/aromatic N) is 1. The number of hydrogen-bond acceptors (Lipinski definition) is 12. The fourth-order valence-corrected chi connectivity index (χ4v) is 9.71. The number of aliphatic hydroxyl groups is 3. The van der Waals surface area contributed by atoms with Gasteiger partial charge in [0.2, 0.25) is 11.6 Å². The zero-order valence-corrected chi connectivity index (χ0v) is 36.3. The van der Waals surface area contributed by atoms with Gasteiger partial charge >= 0.3 is 5.97 Å². The quantitative estimate of drug-likeness (QED) is 0.173. The van der Waals surface area contributed by atoms with Gasteiger partial charge in [-0.05, 0) is 101 Å². The fraction of sp³-hybridized carbons (Fsp3) is 0.778. The van der Waals surface area contributed by atoms with Gasteiger partial charge in [0, 0.05) is 52.0 Å². The van der Waals surface area contributed by atoms with Gasteiger partial charge in [-0.15, -0.1) is 6.58 Å². The van der Waals surface area contributed by atoms with Crippen molar-refractivity contribution < 1.29 is 58.2 Å². The summed E-state index contributed by atoms with van der Waals surface area (Å²) in [5.74, 6) is -10.5. The standard InChI is InChI=1S/C45H71NO12/c1-11-14-33-20-26(2)19-27(3)21-38(55-9)45(53)39(56-10)23-30(6)44(52,58-45)41(49)42(50)46-18-13-12-15-34(46)43(51)57-40(31(7)35(47)25-36(33)48)29(5)22-32-17-16-28(4)37(24-32)54-8/h11,20,22,27-28,30-35,37-40,47,52-53H,1,12-19,21,23-25H2,2-10H3/b26-20+,29-22+/t27-,28+,30+,31+,32-,33+,34-,35-,37+,38-,39-,40+,44+,45+/m0/s1. The van der Waals surface area contributed by atoms with E-state index in [9.17, 15) is 34.5 Å². The highest BCUT2D eigenvalue weighted by Crippen LogP contribution is 2.44. The van der Waals surface area contributed by atoms with Gasteiger partial charge in [-0.1, -0.05) is 51.5 Å². The Bertz CT molecular complexity index is 1530.